The van der Waals surface area contributed by atoms with Crippen LogP contribution in [0, 0.1) is 5.41 Å². The van der Waals surface area contributed by atoms with Crippen molar-refractivity contribution in [3.63, 3.8) is 0 Å². The molecule has 16 heavy (non-hydrogen) atoms. The van der Waals surface area contributed by atoms with E-state index in [9.17, 15) is 16.8 Å². The molecule has 0 aromatic rings. The number of hydrogen-bond donors (Lipinski definition) is 0. The van der Waals surface area contributed by atoms with Crippen LogP contribution >= 0.6 is 10.7 Å². The van der Waals surface area contributed by atoms with Gasteiger partial charge in [0.25, 0.3) is 0 Å². The highest BCUT2D eigenvalue weighted by Gasteiger charge is 2.56. The van der Waals surface area contributed by atoms with Crippen LogP contribution in [0.4, 0.5) is 0 Å². The fourth-order valence-electron chi connectivity index (χ4n) is 2.28. The van der Waals surface area contributed by atoms with E-state index in [1.165, 1.54) is 0 Å². The molecule has 0 bridgehead atoms. The lowest BCUT2D eigenvalue weighted by atomic mass is 9.89. The topological polar surface area (TPSA) is 68.3 Å². The summed E-state index contributed by atoms with van der Waals surface area (Å²) in [7, 11) is -1.33. The van der Waals surface area contributed by atoms with E-state index in [-0.39, 0.29) is 5.75 Å². The van der Waals surface area contributed by atoms with Crippen molar-refractivity contribution in [2.24, 2.45) is 5.41 Å². The van der Waals surface area contributed by atoms with Crippen LogP contribution < -0.4 is 0 Å². The Bertz CT molecular complexity index is 472. The van der Waals surface area contributed by atoms with Crippen LogP contribution in [0.25, 0.3) is 0 Å². The normalized spacial score (nSPS) is 20.8. The lowest BCUT2D eigenvalue weighted by molar-refractivity contribution is 0.361. The molecule has 1 aliphatic carbocycles. The Labute approximate surface area is 102 Å². The maximum atomic E-state index is 11.4. The van der Waals surface area contributed by atoms with Gasteiger partial charge in [-0.3, -0.25) is 0 Å². The molecular formula is C9H17ClO4S2. The number of rotatable bonds is 5. The van der Waals surface area contributed by atoms with Crippen molar-refractivity contribution in [2.75, 3.05) is 12.0 Å². The van der Waals surface area contributed by atoms with Crippen LogP contribution in [0.5, 0.6) is 0 Å². The molecule has 7 heteroatoms. The van der Waals surface area contributed by atoms with Gasteiger partial charge < -0.3 is 0 Å². The lowest BCUT2D eigenvalue weighted by Crippen LogP contribution is -2.32. The highest BCUT2D eigenvalue weighted by molar-refractivity contribution is 8.15. The monoisotopic (exact) mass is 288 g/mol. The van der Waals surface area contributed by atoms with Crippen LogP contribution in [0.1, 0.15) is 33.1 Å². The van der Waals surface area contributed by atoms with Crippen LogP contribution in [-0.4, -0.2) is 33.6 Å². The molecule has 1 aliphatic rings. The maximum absolute atomic E-state index is 11.4. The van der Waals surface area contributed by atoms with Crippen molar-refractivity contribution in [1.29, 1.82) is 0 Å². The van der Waals surface area contributed by atoms with E-state index in [0.29, 0.717) is 19.3 Å². The van der Waals surface area contributed by atoms with Crippen molar-refractivity contribution in [3.8, 4) is 0 Å². The molecule has 0 aromatic heterocycles. The highest BCUT2D eigenvalue weighted by atomic mass is 35.7. The molecule has 0 radical (unpaired) electrons. The number of halogens is 1. The first-order valence-electron chi connectivity index (χ1n) is 4.99. The minimum atomic E-state index is -3.60. The van der Waals surface area contributed by atoms with Crippen molar-refractivity contribution < 1.29 is 16.8 Å². The summed E-state index contributed by atoms with van der Waals surface area (Å²) in [6, 6.07) is 0. The lowest BCUT2D eigenvalue weighted by Gasteiger charge is -2.27. The predicted molar refractivity (Wildman–Crippen MR) is 64.8 cm³/mol. The average Bonchev–Trinajstić information content (AvgIpc) is 2.58. The van der Waals surface area contributed by atoms with Gasteiger partial charge in [-0.1, -0.05) is 13.8 Å². The minimum Gasteiger partial charge on any atom is -0.229 e. The third-order valence-corrected chi connectivity index (χ3v) is 6.65. The van der Waals surface area contributed by atoms with Gasteiger partial charge in [0, 0.05) is 16.9 Å². The van der Waals surface area contributed by atoms with Gasteiger partial charge in [-0.25, -0.2) is 16.8 Å². The van der Waals surface area contributed by atoms with Gasteiger partial charge in [0.15, 0.2) is 0 Å². The van der Waals surface area contributed by atoms with Crippen LogP contribution in [0.15, 0.2) is 0 Å². The summed E-state index contributed by atoms with van der Waals surface area (Å²) >= 11 is 0. The van der Waals surface area contributed by atoms with Crippen molar-refractivity contribution in [1.82, 2.24) is 0 Å². The summed E-state index contributed by atoms with van der Waals surface area (Å²) in [4.78, 5) is 0. The van der Waals surface area contributed by atoms with Gasteiger partial charge in [0.2, 0.25) is 9.05 Å². The van der Waals surface area contributed by atoms with Gasteiger partial charge in [-0.05, 0) is 24.7 Å². The van der Waals surface area contributed by atoms with Gasteiger partial charge in [-0.2, -0.15) is 0 Å². The summed E-state index contributed by atoms with van der Waals surface area (Å²) in [6.45, 7) is 3.52. The van der Waals surface area contributed by atoms with Crippen molar-refractivity contribution in [3.05, 3.63) is 0 Å². The highest BCUT2D eigenvalue weighted by Crippen LogP contribution is 2.52. The largest absolute Gasteiger partial charge is 0.238 e. The zero-order valence-electron chi connectivity index (χ0n) is 9.66. The van der Waals surface area contributed by atoms with Gasteiger partial charge in [-0.15, -0.1) is 0 Å². The van der Waals surface area contributed by atoms with E-state index in [2.05, 4.69) is 0 Å². The maximum Gasteiger partial charge on any atom is 0.238 e. The van der Waals surface area contributed by atoms with E-state index in [0.717, 1.165) is 6.26 Å². The fraction of sp³-hybridized carbons (Fsp3) is 1.00. The molecule has 96 valence electrons. The van der Waals surface area contributed by atoms with Crippen LogP contribution in [0.3, 0.4) is 0 Å². The molecule has 0 atom stereocenters. The molecule has 0 saturated heterocycles. The average molecular weight is 289 g/mol. The number of sulfone groups is 1. The molecule has 0 N–H and O–H groups in total. The number of hydrogen-bond acceptors (Lipinski definition) is 4. The van der Waals surface area contributed by atoms with Gasteiger partial charge in [0.05, 0.1) is 10.5 Å². The Hall–Kier alpha value is 0.190. The van der Waals surface area contributed by atoms with E-state index < -0.39 is 29.1 Å². The van der Waals surface area contributed by atoms with E-state index in [4.69, 9.17) is 10.7 Å². The molecule has 1 rings (SSSR count). The third-order valence-electron chi connectivity index (χ3n) is 2.78. The summed E-state index contributed by atoms with van der Waals surface area (Å²) in [5.74, 6) is -0.0197. The third kappa shape index (κ3) is 3.60. The molecule has 0 aliphatic heterocycles. The predicted octanol–water partition coefficient (Wildman–Crippen LogP) is 1.55. The van der Waals surface area contributed by atoms with Gasteiger partial charge in [0.1, 0.15) is 9.84 Å². The second-order valence-electron chi connectivity index (χ2n) is 5.53. The van der Waals surface area contributed by atoms with Crippen molar-refractivity contribution in [2.45, 2.75) is 37.9 Å². The molecule has 4 nitrogen and oxygen atoms in total. The molecule has 1 saturated carbocycles. The van der Waals surface area contributed by atoms with Crippen LogP contribution in [0.2, 0.25) is 0 Å². The molecule has 0 aromatic carbocycles. The quantitative estimate of drug-likeness (QED) is 0.720. The molecule has 0 spiro atoms. The van der Waals surface area contributed by atoms with Crippen molar-refractivity contribution >= 4 is 29.6 Å². The SMILES string of the molecule is CC(C)(CC1(S(=O)(=O)Cl)CC1)CS(C)(=O)=O. The summed E-state index contributed by atoms with van der Waals surface area (Å²) in [6.07, 6.45) is 2.53. The molecule has 0 heterocycles. The van der Waals surface area contributed by atoms with Crippen LogP contribution in [-0.2, 0) is 18.9 Å². The Morgan fingerprint density at radius 2 is 1.62 bits per heavy atom. The molecule has 0 unspecified atom stereocenters. The second kappa shape index (κ2) is 3.85. The second-order valence-corrected chi connectivity index (χ2v) is 10.6. The summed E-state index contributed by atoms with van der Waals surface area (Å²) in [5.41, 5.74) is -0.563. The zero-order valence-corrected chi connectivity index (χ0v) is 12.0. The minimum absolute atomic E-state index is 0.0197. The Morgan fingerprint density at radius 3 is 1.88 bits per heavy atom. The summed E-state index contributed by atoms with van der Waals surface area (Å²) < 4.78 is 44.3. The smallest absolute Gasteiger partial charge is 0.229 e. The summed E-state index contributed by atoms with van der Waals surface area (Å²) in [5, 5.41) is 0. The molecular weight excluding hydrogens is 272 g/mol. The first-order valence-corrected chi connectivity index (χ1v) is 9.36. The first-order chi connectivity index (χ1) is 6.87. The van der Waals surface area contributed by atoms with E-state index in [1.54, 1.807) is 13.8 Å². The molecule has 0 amide bonds. The fourth-order valence-corrected chi connectivity index (χ4v) is 5.58. The first kappa shape index (κ1) is 14.3. The Balaban J connectivity index is 2.83. The standard InChI is InChI=1S/C9H17ClO4S2/c1-8(2,7-15(3,11)12)6-9(4-5-9)16(10,13)14/h4-7H2,1-3H3. The zero-order chi connectivity index (χ0) is 12.8. The Morgan fingerprint density at radius 1 is 1.19 bits per heavy atom. The molecule has 1 fully saturated rings. The van der Waals surface area contributed by atoms with Gasteiger partial charge >= 0.3 is 0 Å². The van der Waals surface area contributed by atoms with E-state index >= 15 is 0 Å². The Kier molecular flexibility index (Phi) is 3.43. The van der Waals surface area contributed by atoms with E-state index in [1.807, 2.05) is 0 Å².